The third-order valence-corrected chi connectivity index (χ3v) is 5.27. The first-order valence-electron chi connectivity index (χ1n) is 10.3. The highest BCUT2D eigenvalue weighted by atomic mass is 19.1. The molecule has 0 bridgehead atoms. The third-order valence-electron chi connectivity index (χ3n) is 5.27. The van der Waals surface area contributed by atoms with E-state index >= 15 is 0 Å². The summed E-state index contributed by atoms with van der Waals surface area (Å²) in [4.78, 5) is 26.4. The molecule has 31 heavy (non-hydrogen) atoms. The molecule has 0 aromatic heterocycles. The second-order valence-electron chi connectivity index (χ2n) is 7.38. The van der Waals surface area contributed by atoms with E-state index < -0.39 is 0 Å². The van der Waals surface area contributed by atoms with Crippen LogP contribution >= 0.6 is 0 Å². The molecule has 0 atom stereocenters. The van der Waals surface area contributed by atoms with Gasteiger partial charge in [-0.05, 0) is 72.1 Å². The van der Waals surface area contributed by atoms with E-state index in [1.54, 1.807) is 35.2 Å². The molecular weight excluding hydrogens is 395 g/mol. The SMILES string of the molecule is CCC(=O)N1CCc2cc(C(=O)NCc3ccc(Oc4ccc(F)cc4)cc3)ccc21. The van der Waals surface area contributed by atoms with Crippen LogP contribution in [0, 0.1) is 5.82 Å². The molecule has 2 amide bonds. The van der Waals surface area contributed by atoms with Crippen molar-refractivity contribution < 1.29 is 18.7 Å². The molecule has 1 aliphatic heterocycles. The van der Waals surface area contributed by atoms with Gasteiger partial charge in [-0.3, -0.25) is 9.59 Å². The van der Waals surface area contributed by atoms with Crippen molar-refractivity contribution >= 4 is 17.5 Å². The fraction of sp³-hybridized carbons (Fsp3) is 0.200. The van der Waals surface area contributed by atoms with Gasteiger partial charge >= 0.3 is 0 Å². The number of hydrogen-bond donors (Lipinski definition) is 1. The van der Waals surface area contributed by atoms with Gasteiger partial charge in [-0.25, -0.2) is 4.39 Å². The molecule has 1 heterocycles. The summed E-state index contributed by atoms with van der Waals surface area (Å²) in [6.07, 6.45) is 1.23. The number of carbonyl (C=O) groups excluding carboxylic acids is 2. The summed E-state index contributed by atoms with van der Waals surface area (Å²) in [6.45, 7) is 2.90. The van der Waals surface area contributed by atoms with Gasteiger partial charge in [-0.2, -0.15) is 0 Å². The Labute approximate surface area is 180 Å². The number of nitrogens with zero attached hydrogens (tertiary/aromatic N) is 1. The second-order valence-corrected chi connectivity index (χ2v) is 7.38. The molecule has 0 unspecified atom stereocenters. The zero-order chi connectivity index (χ0) is 21.8. The largest absolute Gasteiger partial charge is 0.457 e. The molecule has 0 saturated heterocycles. The van der Waals surface area contributed by atoms with Crippen molar-refractivity contribution in [3.05, 3.63) is 89.2 Å². The quantitative estimate of drug-likeness (QED) is 0.623. The van der Waals surface area contributed by atoms with Crippen LogP contribution in [0.2, 0.25) is 0 Å². The van der Waals surface area contributed by atoms with E-state index in [0.29, 0.717) is 36.6 Å². The minimum Gasteiger partial charge on any atom is -0.457 e. The van der Waals surface area contributed by atoms with Crippen LogP contribution in [-0.2, 0) is 17.8 Å². The Hall–Kier alpha value is -3.67. The normalized spacial score (nSPS) is 12.4. The van der Waals surface area contributed by atoms with Crippen LogP contribution in [0.15, 0.2) is 66.7 Å². The number of carbonyl (C=O) groups is 2. The minimum atomic E-state index is -0.311. The van der Waals surface area contributed by atoms with Crippen molar-refractivity contribution in [3.8, 4) is 11.5 Å². The first-order valence-corrected chi connectivity index (χ1v) is 10.3. The van der Waals surface area contributed by atoms with Crippen LogP contribution in [0.4, 0.5) is 10.1 Å². The molecule has 3 aromatic rings. The molecule has 4 rings (SSSR count). The maximum Gasteiger partial charge on any atom is 0.251 e. The molecule has 0 aliphatic carbocycles. The van der Waals surface area contributed by atoms with E-state index in [-0.39, 0.29) is 17.6 Å². The molecule has 5 nitrogen and oxygen atoms in total. The van der Waals surface area contributed by atoms with Gasteiger partial charge in [-0.15, -0.1) is 0 Å². The van der Waals surface area contributed by atoms with E-state index in [0.717, 1.165) is 23.2 Å². The maximum absolute atomic E-state index is 13.0. The van der Waals surface area contributed by atoms with Gasteiger partial charge in [0.15, 0.2) is 0 Å². The van der Waals surface area contributed by atoms with Crippen LogP contribution in [0.25, 0.3) is 0 Å². The lowest BCUT2D eigenvalue weighted by Gasteiger charge is -2.16. The summed E-state index contributed by atoms with van der Waals surface area (Å²) in [6, 6.07) is 18.7. The predicted octanol–water partition coefficient (Wildman–Crippen LogP) is 4.85. The van der Waals surface area contributed by atoms with Gasteiger partial charge in [0.25, 0.3) is 5.91 Å². The van der Waals surface area contributed by atoms with Crippen molar-refractivity contribution in [1.82, 2.24) is 5.32 Å². The van der Waals surface area contributed by atoms with Crippen molar-refractivity contribution in [2.75, 3.05) is 11.4 Å². The van der Waals surface area contributed by atoms with Gasteiger partial charge in [0.05, 0.1) is 0 Å². The number of halogens is 1. The van der Waals surface area contributed by atoms with Crippen molar-refractivity contribution in [1.29, 1.82) is 0 Å². The first-order chi connectivity index (χ1) is 15.0. The number of hydrogen-bond acceptors (Lipinski definition) is 3. The molecule has 158 valence electrons. The molecule has 6 heteroatoms. The van der Waals surface area contributed by atoms with Gasteiger partial charge in [0.1, 0.15) is 17.3 Å². The lowest BCUT2D eigenvalue weighted by Crippen LogP contribution is -2.27. The summed E-state index contributed by atoms with van der Waals surface area (Å²) in [5, 5.41) is 2.93. The average Bonchev–Trinajstić information content (AvgIpc) is 3.22. The summed E-state index contributed by atoms with van der Waals surface area (Å²) in [7, 11) is 0. The molecule has 0 spiro atoms. The third kappa shape index (κ3) is 4.74. The predicted molar refractivity (Wildman–Crippen MR) is 117 cm³/mol. The van der Waals surface area contributed by atoms with E-state index in [1.807, 2.05) is 31.2 Å². The topological polar surface area (TPSA) is 58.6 Å². The zero-order valence-electron chi connectivity index (χ0n) is 17.2. The molecule has 0 radical (unpaired) electrons. The second kappa shape index (κ2) is 9.00. The van der Waals surface area contributed by atoms with Crippen molar-refractivity contribution in [2.45, 2.75) is 26.3 Å². The number of ether oxygens (including phenoxy) is 1. The Morgan fingerprint density at radius 2 is 1.68 bits per heavy atom. The van der Waals surface area contributed by atoms with E-state index in [1.165, 1.54) is 12.1 Å². The number of fused-ring (bicyclic) bond motifs is 1. The highest BCUT2D eigenvalue weighted by Crippen LogP contribution is 2.29. The van der Waals surface area contributed by atoms with Crippen molar-refractivity contribution in [2.24, 2.45) is 0 Å². The van der Waals surface area contributed by atoms with Crippen LogP contribution in [-0.4, -0.2) is 18.4 Å². The fourth-order valence-corrected chi connectivity index (χ4v) is 3.59. The number of rotatable bonds is 6. The number of anilines is 1. The van der Waals surface area contributed by atoms with E-state index in [2.05, 4.69) is 5.32 Å². The Kier molecular flexibility index (Phi) is 5.98. The average molecular weight is 418 g/mol. The standard InChI is InChI=1S/C25H23FN2O3/c1-2-24(29)28-14-13-18-15-19(5-12-23(18)28)25(30)27-16-17-3-8-21(9-4-17)31-22-10-6-20(26)7-11-22/h3-12,15H,2,13-14,16H2,1H3,(H,27,30). The highest BCUT2D eigenvalue weighted by molar-refractivity contribution is 5.98. The van der Waals surface area contributed by atoms with Gasteiger partial charge in [-0.1, -0.05) is 19.1 Å². The Morgan fingerprint density at radius 3 is 2.35 bits per heavy atom. The number of benzene rings is 3. The van der Waals surface area contributed by atoms with E-state index in [9.17, 15) is 14.0 Å². The lowest BCUT2D eigenvalue weighted by atomic mass is 10.1. The van der Waals surface area contributed by atoms with Crippen LogP contribution in [0.1, 0.15) is 34.8 Å². The van der Waals surface area contributed by atoms with Crippen LogP contribution in [0.5, 0.6) is 11.5 Å². The maximum atomic E-state index is 13.0. The zero-order valence-corrected chi connectivity index (χ0v) is 17.2. The smallest absolute Gasteiger partial charge is 0.251 e. The van der Waals surface area contributed by atoms with Gasteiger partial charge in [0.2, 0.25) is 5.91 Å². The van der Waals surface area contributed by atoms with Gasteiger partial charge < -0.3 is 15.0 Å². The summed E-state index contributed by atoms with van der Waals surface area (Å²) >= 11 is 0. The van der Waals surface area contributed by atoms with Crippen LogP contribution in [0.3, 0.4) is 0 Å². The molecule has 3 aromatic carbocycles. The molecular formula is C25H23FN2O3. The van der Waals surface area contributed by atoms with Crippen LogP contribution < -0.4 is 15.0 Å². The summed E-state index contributed by atoms with van der Waals surface area (Å²) in [5.74, 6) is 0.816. The Balaban J connectivity index is 1.34. The molecule has 0 fully saturated rings. The van der Waals surface area contributed by atoms with Crippen molar-refractivity contribution in [3.63, 3.8) is 0 Å². The fourth-order valence-electron chi connectivity index (χ4n) is 3.59. The Bertz CT molecular complexity index is 1090. The lowest BCUT2D eigenvalue weighted by molar-refractivity contribution is -0.118. The summed E-state index contributed by atoms with van der Waals surface area (Å²) < 4.78 is 18.7. The van der Waals surface area contributed by atoms with E-state index in [4.69, 9.17) is 4.74 Å². The molecule has 1 aliphatic rings. The number of amides is 2. The Morgan fingerprint density at radius 1 is 1.00 bits per heavy atom. The molecule has 0 saturated carbocycles. The monoisotopic (exact) mass is 418 g/mol. The first kappa shape index (κ1) is 20.6. The summed E-state index contributed by atoms with van der Waals surface area (Å²) in [5.41, 5.74) is 3.44. The highest BCUT2D eigenvalue weighted by Gasteiger charge is 2.24. The molecule has 1 N–H and O–H groups in total. The van der Waals surface area contributed by atoms with Gasteiger partial charge in [0, 0.05) is 30.8 Å². The number of nitrogens with one attached hydrogen (secondary N) is 1. The minimum absolute atomic E-state index is 0.0998.